The number of nitrogens with one attached hydrogen (secondary N) is 1. The average Bonchev–Trinajstić information content (AvgIpc) is 3.63. The summed E-state index contributed by atoms with van der Waals surface area (Å²) in [6, 6.07) is 12.7. The van der Waals surface area contributed by atoms with Crippen LogP contribution in [0, 0.1) is 0 Å². The fourth-order valence-corrected chi connectivity index (χ4v) is 5.17. The number of nitrogens with zero attached hydrogens (tertiary/aromatic N) is 4. The van der Waals surface area contributed by atoms with Crippen LogP contribution in [-0.2, 0) is 16.0 Å². The third kappa shape index (κ3) is 4.44. The monoisotopic (exact) mass is 459 g/mol. The second-order valence-electron chi connectivity index (χ2n) is 9.10. The normalized spacial score (nSPS) is 20.2. The molecule has 0 unspecified atom stereocenters. The maximum atomic E-state index is 13.5. The van der Waals surface area contributed by atoms with E-state index in [0.717, 1.165) is 25.7 Å². The van der Waals surface area contributed by atoms with Gasteiger partial charge in [-0.25, -0.2) is 9.97 Å². The molecule has 0 spiro atoms. The molecular weight excluding hydrogens is 430 g/mol. The summed E-state index contributed by atoms with van der Waals surface area (Å²) in [7, 11) is 0. The number of aryl methyl sites for hydroxylation is 1. The van der Waals surface area contributed by atoms with E-state index >= 15 is 0 Å². The van der Waals surface area contributed by atoms with Crippen molar-refractivity contribution in [3.05, 3.63) is 60.0 Å². The number of likely N-dealkylation sites (tertiary alicyclic amines) is 2. The Labute approximate surface area is 198 Å². The van der Waals surface area contributed by atoms with Crippen molar-refractivity contribution in [2.75, 3.05) is 13.1 Å². The summed E-state index contributed by atoms with van der Waals surface area (Å²) in [4.78, 5) is 54.7. The Hall–Kier alpha value is -3.55. The summed E-state index contributed by atoms with van der Waals surface area (Å²) < 4.78 is 0. The summed E-state index contributed by atoms with van der Waals surface area (Å²) >= 11 is 0. The summed E-state index contributed by atoms with van der Waals surface area (Å²) in [6.07, 6.45) is 6.48. The maximum absolute atomic E-state index is 13.5. The number of amides is 2. The molecule has 5 rings (SSSR count). The van der Waals surface area contributed by atoms with Crippen molar-refractivity contribution in [2.24, 2.45) is 0 Å². The van der Waals surface area contributed by atoms with E-state index in [-0.39, 0.29) is 23.4 Å². The highest BCUT2D eigenvalue weighted by molar-refractivity contribution is 6.02. The summed E-state index contributed by atoms with van der Waals surface area (Å²) in [5.74, 6) is -0.0440. The lowest BCUT2D eigenvalue weighted by Crippen LogP contribution is -2.51. The predicted octanol–water partition coefficient (Wildman–Crippen LogP) is 3.15. The predicted molar refractivity (Wildman–Crippen MR) is 127 cm³/mol. The molecule has 8 heteroatoms. The van der Waals surface area contributed by atoms with E-state index in [0.29, 0.717) is 43.5 Å². The van der Waals surface area contributed by atoms with E-state index in [4.69, 9.17) is 0 Å². The molecule has 2 aliphatic rings. The first-order chi connectivity index (χ1) is 16.6. The van der Waals surface area contributed by atoms with Crippen LogP contribution in [0.3, 0.4) is 0 Å². The van der Waals surface area contributed by atoms with Gasteiger partial charge in [-0.15, -0.1) is 0 Å². The highest BCUT2D eigenvalue weighted by atomic mass is 16.2. The molecule has 34 heavy (non-hydrogen) atoms. The lowest BCUT2D eigenvalue weighted by molar-refractivity contribution is -0.144. The first-order valence-electron chi connectivity index (χ1n) is 12.1. The van der Waals surface area contributed by atoms with Crippen LogP contribution in [0.2, 0.25) is 0 Å². The first-order valence-corrected chi connectivity index (χ1v) is 12.1. The number of imidazole rings is 1. The molecule has 176 valence electrons. The van der Waals surface area contributed by atoms with E-state index in [1.165, 1.54) is 5.56 Å². The molecule has 0 aliphatic carbocycles. The minimum absolute atomic E-state index is 0.0252. The largest absolute Gasteiger partial charge is 0.334 e. The summed E-state index contributed by atoms with van der Waals surface area (Å²) in [6.45, 7) is 1.13. The van der Waals surface area contributed by atoms with Crippen molar-refractivity contribution in [3.63, 3.8) is 0 Å². The Morgan fingerprint density at radius 3 is 2.50 bits per heavy atom. The molecule has 0 radical (unpaired) electrons. The van der Waals surface area contributed by atoms with Crippen LogP contribution >= 0.6 is 0 Å². The van der Waals surface area contributed by atoms with E-state index < -0.39 is 12.1 Å². The molecule has 2 saturated heterocycles. The summed E-state index contributed by atoms with van der Waals surface area (Å²) in [5.41, 5.74) is 2.40. The number of benzene rings is 1. The van der Waals surface area contributed by atoms with Crippen LogP contribution in [0.1, 0.15) is 54.7 Å². The van der Waals surface area contributed by atoms with Crippen LogP contribution in [0.25, 0.3) is 11.2 Å². The molecule has 0 saturated carbocycles. The second kappa shape index (κ2) is 9.75. The van der Waals surface area contributed by atoms with Crippen LogP contribution in [-0.4, -0.2) is 67.5 Å². The molecule has 8 nitrogen and oxygen atoms in total. The quantitative estimate of drug-likeness (QED) is 0.547. The number of H-pyrrole nitrogens is 1. The van der Waals surface area contributed by atoms with Gasteiger partial charge in [0.05, 0.1) is 11.6 Å². The highest BCUT2D eigenvalue weighted by Crippen LogP contribution is 2.27. The fraction of sp³-hybridized carbons (Fsp3) is 0.423. The standard InChI is InChI=1S/C26H29N5O3/c32-22(14-4-10-18-8-2-1-3-9-18)30-16-7-13-21(30)26(34)31-17-6-12-20(31)23(33)25-28-19-11-5-15-27-24(19)29-25/h1-3,5,8-9,11,15,20-21H,4,6-7,10,12-14,16-17H2,(H,27,28,29)/t20-,21-/m0/s1. The van der Waals surface area contributed by atoms with Gasteiger partial charge in [0.2, 0.25) is 17.6 Å². The molecule has 0 bridgehead atoms. The number of hydrogen-bond acceptors (Lipinski definition) is 5. The zero-order chi connectivity index (χ0) is 23.5. The van der Waals surface area contributed by atoms with Gasteiger partial charge in [0.25, 0.3) is 0 Å². The number of aromatic amines is 1. The minimum atomic E-state index is -0.552. The number of ketones is 1. The maximum Gasteiger partial charge on any atom is 0.246 e. The van der Waals surface area contributed by atoms with Gasteiger partial charge in [-0.1, -0.05) is 30.3 Å². The highest BCUT2D eigenvalue weighted by Gasteiger charge is 2.42. The average molecular weight is 460 g/mol. The summed E-state index contributed by atoms with van der Waals surface area (Å²) in [5, 5.41) is 0. The van der Waals surface area contributed by atoms with Gasteiger partial charge < -0.3 is 14.8 Å². The van der Waals surface area contributed by atoms with E-state index in [2.05, 4.69) is 27.1 Å². The molecule has 1 aromatic carbocycles. The molecule has 2 aromatic heterocycles. The van der Waals surface area contributed by atoms with Crippen molar-refractivity contribution < 1.29 is 14.4 Å². The Morgan fingerprint density at radius 2 is 1.71 bits per heavy atom. The second-order valence-corrected chi connectivity index (χ2v) is 9.10. The Morgan fingerprint density at radius 1 is 0.941 bits per heavy atom. The molecule has 3 aromatic rings. The molecular formula is C26H29N5O3. The minimum Gasteiger partial charge on any atom is -0.334 e. The van der Waals surface area contributed by atoms with Crippen LogP contribution in [0.5, 0.6) is 0 Å². The van der Waals surface area contributed by atoms with E-state index in [1.54, 1.807) is 22.1 Å². The number of Topliss-reactive ketones (excluding diaryl/α,β-unsaturated/α-hetero) is 1. The van der Waals surface area contributed by atoms with Crippen molar-refractivity contribution >= 4 is 28.8 Å². The SMILES string of the molecule is O=C(c1nc2ncccc2[nH]1)[C@@H]1CCCN1C(=O)[C@@H]1CCCN1C(=O)CCCc1ccccc1. The van der Waals surface area contributed by atoms with Gasteiger partial charge in [-0.2, -0.15) is 0 Å². The molecule has 2 aliphatic heterocycles. The topological polar surface area (TPSA) is 99.3 Å². The molecule has 4 heterocycles. The number of pyridine rings is 1. The molecule has 2 atom stereocenters. The number of fused-ring (bicyclic) bond motifs is 1. The van der Waals surface area contributed by atoms with Crippen LogP contribution in [0.15, 0.2) is 48.7 Å². The number of rotatable bonds is 7. The lowest BCUT2D eigenvalue weighted by Gasteiger charge is -2.30. The lowest BCUT2D eigenvalue weighted by atomic mass is 10.1. The number of hydrogen-bond donors (Lipinski definition) is 1. The van der Waals surface area contributed by atoms with Gasteiger partial charge in [0, 0.05) is 25.7 Å². The van der Waals surface area contributed by atoms with E-state index in [1.807, 2.05) is 24.3 Å². The molecule has 2 amide bonds. The van der Waals surface area contributed by atoms with Crippen molar-refractivity contribution in [1.82, 2.24) is 24.8 Å². The van der Waals surface area contributed by atoms with Crippen LogP contribution in [0.4, 0.5) is 0 Å². The zero-order valence-corrected chi connectivity index (χ0v) is 19.2. The molecule has 1 N–H and O–H groups in total. The zero-order valence-electron chi connectivity index (χ0n) is 19.2. The van der Waals surface area contributed by atoms with Crippen molar-refractivity contribution in [2.45, 2.75) is 57.0 Å². The number of aromatic nitrogens is 3. The van der Waals surface area contributed by atoms with Crippen molar-refractivity contribution in [3.8, 4) is 0 Å². The third-order valence-corrected chi connectivity index (χ3v) is 6.89. The van der Waals surface area contributed by atoms with Crippen molar-refractivity contribution in [1.29, 1.82) is 0 Å². The molecule has 2 fully saturated rings. The van der Waals surface area contributed by atoms with Gasteiger partial charge in [0.15, 0.2) is 11.5 Å². The Kier molecular flexibility index (Phi) is 6.38. The fourth-order valence-electron chi connectivity index (χ4n) is 5.17. The number of carbonyl (C=O) groups is 3. The van der Waals surface area contributed by atoms with Gasteiger partial charge in [0.1, 0.15) is 6.04 Å². The Bertz CT molecular complexity index is 1160. The third-order valence-electron chi connectivity index (χ3n) is 6.89. The smallest absolute Gasteiger partial charge is 0.246 e. The first kappa shape index (κ1) is 22.3. The number of carbonyl (C=O) groups excluding carboxylic acids is 3. The van der Waals surface area contributed by atoms with Gasteiger partial charge in [-0.05, 0) is 56.2 Å². The van der Waals surface area contributed by atoms with Gasteiger partial charge in [-0.3, -0.25) is 14.4 Å². The van der Waals surface area contributed by atoms with E-state index in [9.17, 15) is 14.4 Å². The van der Waals surface area contributed by atoms with Crippen LogP contribution < -0.4 is 0 Å². The Balaban J connectivity index is 1.24. The van der Waals surface area contributed by atoms with Gasteiger partial charge >= 0.3 is 0 Å².